The molecule has 0 unspecified atom stereocenters. The third kappa shape index (κ3) is 4.12. The van der Waals surface area contributed by atoms with Gasteiger partial charge in [-0.2, -0.15) is 0 Å². The maximum absolute atomic E-state index is 12.5. The molecule has 1 aliphatic heterocycles. The first-order valence-corrected chi connectivity index (χ1v) is 9.37. The Labute approximate surface area is 141 Å². The Morgan fingerprint density at radius 1 is 1.38 bits per heavy atom. The second kappa shape index (κ2) is 6.90. The molecule has 1 amide bonds. The molecule has 0 saturated carbocycles. The molecule has 1 saturated heterocycles. The van der Waals surface area contributed by atoms with Crippen molar-refractivity contribution in [1.29, 1.82) is 0 Å². The number of carbonyl (C=O) groups is 2. The molecule has 7 nitrogen and oxygen atoms in total. The first-order chi connectivity index (χ1) is 11.2. The highest BCUT2D eigenvalue weighted by Gasteiger charge is 2.48. The number of nitrogens with one attached hydrogen (secondary N) is 1. The number of benzene rings is 1. The lowest BCUT2D eigenvalue weighted by atomic mass is 9.91. The summed E-state index contributed by atoms with van der Waals surface area (Å²) in [5, 5.41) is 7.67. The third-order valence-corrected chi connectivity index (χ3v) is 5.05. The van der Waals surface area contributed by atoms with Gasteiger partial charge in [-0.1, -0.05) is 19.8 Å². The van der Waals surface area contributed by atoms with Crippen LogP contribution >= 0.6 is 0 Å². The molecule has 132 valence electrons. The van der Waals surface area contributed by atoms with Gasteiger partial charge in [-0.3, -0.25) is 9.59 Å². The van der Waals surface area contributed by atoms with E-state index >= 15 is 0 Å². The largest absolute Gasteiger partial charge is 0.449 e. The second-order valence-electron chi connectivity index (χ2n) is 6.22. The van der Waals surface area contributed by atoms with Crippen molar-refractivity contribution in [2.24, 2.45) is 11.1 Å². The highest BCUT2D eigenvalue weighted by atomic mass is 32.2. The minimum Gasteiger partial charge on any atom is -0.449 e. The molecule has 0 aromatic heterocycles. The van der Waals surface area contributed by atoms with Crippen molar-refractivity contribution in [3.63, 3.8) is 0 Å². The van der Waals surface area contributed by atoms with Gasteiger partial charge in [0, 0.05) is 12.1 Å². The fourth-order valence-electron chi connectivity index (χ4n) is 2.70. The molecule has 1 aliphatic rings. The number of cyclic esters (lactones) is 1. The zero-order chi connectivity index (χ0) is 18.0. The van der Waals surface area contributed by atoms with Crippen LogP contribution in [0.5, 0.6) is 0 Å². The van der Waals surface area contributed by atoms with E-state index in [2.05, 4.69) is 5.32 Å². The minimum absolute atomic E-state index is 0.0429. The molecule has 8 heteroatoms. The van der Waals surface area contributed by atoms with Crippen molar-refractivity contribution in [3.8, 4) is 0 Å². The fraction of sp³-hybridized carbons (Fsp3) is 0.500. The number of nitrogens with two attached hydrogens (primary N) is 1. The molecular weight excluding hydrogens is 332 g/mol. The number of ether oxygens (including phenoxy) is 1. The molecule has 0 radical (unpaired) electrons. The summed E-state index contributed by atoms with van der Waals surface area (Å²) >= 11 is 0. The number of primary sulfonamides is 1. The van der Waals surface area contributed by atoms with Gasteiger partial charge in [0.2, 0.25) is 10.0 Å². The van der Waals surface area contributed by atoms with Gasteiger partial charge in [-0.15, -0.1) is 0 Å². The summed E-state index contributed by atoms with van der Waals surface area (Å²) in [4.78, 5) is 24.3. The maximum Gasteiger partial charge on any atom is 0.310 e. The number of rotatable bonds is 6. The lowest BCUT2D eigenvalue weighted by Gasteiger charge is -2.21. The average Bonchev–Trinajstić information content (AvgIpc) is 2.80. The Hall–Kier alpha value is -1.93. The normalized spacial score (nSPS) is 23.8. The quantitative estimate of drug-likeness (QED) is 0.756. The van der Waals surface area contributed by atoms with Crippen molar-refractivity contribution in [2.75, 3.05) is 5.32 Å². The summed E-state index contributed by atoms with van der Waals surface area (Å²) in [5.41, 5.74) is -0.810. The highest BCUT2D eigenvalue weighted by Crippen LogP contribution is 2.34. The van der Waals surface area contributed by atoms with E-state index in [0.29, 0.717) is 18.5 Å². The highest BCUT2D eigenvalue weighted by molar-refractivity contribution is 7.89. The van der Waals surface area contributed by atoms with Gasteiger partial charge >= 0.3 is 5.97 Å². The van der Waals surface area contributed by atoms with Crippen LogP contribution in [0.4, 0.5) is 5.69 Å². The van der Waals surface area contributed by atoms with Crippen molar-refractivity contribution in [2.45, 2.75) is 50.0 Å². The van der Waals surface area contributed by atoms with Gasteiger partial charge < -0.3 is 10.1 Å². The van der Waals surface area contributed by atoms with Crippen LogP contribution in [0.1, 0.15) is 39.5 Å². The van der Waals surface area contributed by atoms with E-state index in [4.69, 9.17) is 9.88 Å². The van der Waals surface area contributed by atoms with E-state index < -0.39 is 21.5 Å². The van der Waals surface area contributed by atoms with Crippen LogP contribution < -0.4 is 10.5 Å². The average molecular weight is 354 g/mol. The summed E-state index contributed by atoms with van der Waals surface area (Å²) in [6.45, 7) is 3.63. The van der Waals surface area contributed by atoms with E-state index in [9.17, 15) is 18.0 Å². The number of carbonyl (C=O) groups excluding carboxylic acids is 2. The molecule has 1 aromatic carbocycles. The first kappa shape index (κ1) is 18.4. The van der Waals surface area contributed by atoms with Crippen LogP contribution in [0.2, 0.25) is 0 Å². The Morgan fingerprint density at radius 3 is 2.54 bits per heavy atom. The SMILES string of the molecule is CCCC[C@H]1C[C@](C)(C(=O)Nc2ccc(S(N)(=O)=O)cc2)OC1=O. The molecule has 1 heterocycles. The van der Waals surface area contributed by atoms with E-state index in [1.165, 1.54) is 24.3 Å². The molecule has 1 fully saturated rings. The smallest absolute Gasteiger partial charge is 0.310 e. The van der Waals surface area contributed by atoms with Crippen LogP contribution in [0, 0.1) is 5.92 Å². The summed E-state index contributed by atoms with van der Waals surface area (Å²) in [6, 6.07) is 5.48. The number of hydrogen-bond donors (Lipinski definition) is 2. The van der Waals surface area contributed by atoms with Crippen LogP contribution in [0.3, 0.4) is 0 Å². The lowest BCUT2D eigenvalue weighted by Crippen LogP contribution is -2.39. The molecule has 3 N–H and O–H groups in total. The molecule has 24 heavy (non-hydrogen) atoms. The molecule has 0 bridgehead atoms. The van der Waals surface area contributed by atoms with Gasteiger partial charge in [0.15, 0.2) is 5.60 Å². The van der Waals surface area contributed by atoms with Gasteiger partial charge in [0.25, 0.3) is 5.91 Å². The number of amides is 1. The zero-order valence-corrected chi connectivity index (χ0v) is 14.6. The Balaban J connectivity index is 2.05. The first-order valence-electron chi connectivity index (χ1n) is 7.83. The maximum atomic E-state index is 12.5. The summed E-state index contributed by atoms with van der Waals surface area (Å²) in [6.07, 6.45) is 2.93. The predicted molar refractivity (Wildman–Crippen MR) is 88.6 cm³/mol. The zero-order valence-electron chi connectivity index (χ0n) is 13.7. The van der Waals surface area contributed by atoms with E-state index in [1.807, 2.05) is 6.92 Å². The number of hydrogen-bond acceptors (Lipinski definition) is 5. The summed E-state index contributed by atoms with van der Waals surface area (Å²) in [5.74, 6) is -1.03. The van der Waals surface area contributed by atoms with Crippen LogP contribution in [-0.4, -0.2) is 25.9 Å². The Kier molecular flexibility index (Phi) is 5.29. The van der Waals surface area contributed by atoms with Crippen molar-refractivity contribution in [3.05, 3.63) is 24.3 Å². The van der Waals surface area contributed by atoms with Crippen LogP contribution in [0.15, 0.2) is 29.2 Å². The minimum atomic E-state index is -3.78. The summed E-state index contributed by atoms with van der Waals surface area (Å²) < 4.78 is 27.7. The monoisotopic (exact) mass is 354 g/mol. The molecule has 2 atom stereocenters. The number of anilines is 1. The second-order valence-corrected chi connectivity index (χ2v) is 7.78. The van der Waals surface area contributed by atoms with Gasteiger partial charge in [0.1, 0.15) is 0 Å². The van der Waals surface area contributed by atoms with Gasteiger partial charge in [-0.25, -0.2) is 13.6 Å². The number of sulfonamides is 1. The van der Waals surface area contributed by atoms with Crippen molar-refractivity contribution < 1.29 is 22.7 Å². The van der Waals surface area contributed by atoms with Crippen molar-refractivity contribution >= 4 is 27.6 Å². The number of esters is 1. The molecule has 2 rings (SSSR count). The third-order valence-electron chi connectivity index (χ3n) is 4.12. The number of unbranched alkanes of at least 4 members (excludes halogenated alkanes) is 1. The van der Waals surface area contributed by atoms with Crippen LogP contribution in [0.25, 0.3) is 0 Å². The molecule has 0 aliphatic carbocycles. The Morgan fingerprint density at radius 2 is 2.00 bits per heavy atom. The van der Waals surface area contributed by atoms with E-state index in [1.54, 1.807) is 6.92 Å². The van der Waals surface area contributed by atoms with Crippen LogP contribution in [-0.2, 0) is 24.3 Å². The predicted octanol–water partition coefficient (Wildman–Crippen LogP) is 1.78. The molecule has 1 aromatic rings. The standard InChI is InChI=1S/C16H22N2O5S/c1-3-4-5-11-10-16(2,23-14(11)19)15(20)18-12-6-8-13(9-7-12)24(17,21)22/h6-9,11H,3-5,10H2,1-2H3,(H,18,20)(H2,17,21,22)/t11-,16+/m0/s1. The topological polar surface area (TPSA) is 116 Å². The lowest BCUT2D eigenvalue weighted by molar-refractivity contribution is -0.155. The fourth-order valence-corrected chi connectivity index (χ4v) is 3.22. The van der Waals surface area contributed by atoms with E-state index in [0.717, 1.165) is 12.8 Å². The van der Waals surface area contributed by atoms with Gasteiger partial charge in [-0.05, 0) is 37.6 Å². The Bertz CT molecular complexity index is 729. The van der Waals surface area contributed by atoms with E-state index in [-0.39, 0.29) is 16.8 Å². The summed E-state index contributed by atoms with van der Waals surface area (Å²) in [7, 11) is -3.78. The van der Waals surface area contributed by atoms with Crippen molar-refractivity contribution in [1.82, 2.24) is 0 Å². The molecular formula is C16H22N2O5S. The van der Waals surface area contributed by atoms with Gasteiger partial charge in [0.05, 0.1) is 10.8 Å². The molecule has 0 spiro atoms.